The summed E-state index contributed by atoms with van der Waals surface area (Å²) in [6, 6.07) is 0.357. The summed E-state index contributed by atoms with van der Waals surface area (Å²) in [5.74, 6) is -3.60. The van der Waals surface area contributed by atoms with Crippen LogP contribution in [-0.4, -0.2) is 40.0 Å². The fraction of sp³-hybridized carbons (Fsp3) is 0.429. The number of Topliss-reactive ketones (excluding diaryl/α,β-unsaturated/α-hetero) is 1. The molecular weight excluding hydrogens is 347 g/mol. The number of nitro benzene ring substituents is 1. The second kappa shape index (κ2) is 7.92. The highest BCUT2D eigenvalue weighted by Crippen LogP contribution is 2.29. The number of benzene rings is 1. The topological polar surface area (TPSA) is 136 Å². The maximum Gasteiger partial charge on any atom is 0.452 e. The second-order valence-electron chi connectivity index (χ2n) is 5.36. The van der Waals surface area contributed by atoms with E-state index >= 15 is 0 Å². The van der Waals surface area contributed by atoms with Gasteiger partial charge in [-0.15, -0.1) is 0 Å². The summed E-state index contributed by atoms with van der Waals surface area (Å²) in [4.78, 5) is 32.4. The van der Waals surface area contributed by atoms with Crippen molar-refractivity contribution in [2.75, 3.05) is 5.32 Å². The molecule has 8 nitrogen and oxygen atoms in total. The molecule has 25 heavy (non-hydrogen) atoms. The number of alkyl halides is 3. The van der Waals surface area contributed by atoms with Gasteiger partial charge in [-0.3, -0.25) is 19.7 Å². The molecule has 0 radical (unpaired) electrons. The van der Waals surface area contributed by atoms with E-state index in [1.54, 1.807) is 6.92 Å². The van der Waals surface area contributed by atoms with Gasteiger partial charge in [0.25, 0.3) is 11.5 Å². The molecule has 11 heteroatoms. The Bertz CT molecular complexity index is 678. The fourth-order valence-electron chi connectivity index (χ4n) is 2.05. The van der Waals surface area contributed by atoms with Crippen molar-refractivity contribution in [1.82, 2.24) is 0 Å². The Morgan fingerprint density at radius 1 is 1.36 bits per heavy atom. The second-order valence-corrected chi connectivity index (χ2v) is 5.36. The van der Waals surface area contributed by atoms with E-state index in [2.05, 4.69) is 5.32 Å². The zero-order chi connectivity index (χ0) is 19.4. The minimum atomic E-state index is -5.19. The summed E-state index contributed by atoms with van der Waals surface area (Å²) < 4.78 is 38.3. The average Bonchev–Trinajstić information content (AvgIpc) is 2.48. The summed E-state index contributed by atoms with van der Waals surface area (Å²) in [6.45, 7) is 1.57. The molecule has 0 amide bonds. The molecule has 0 fully saturated rings. The number of nitrogens with one attached hydrogen (secondary N) is 1. The van der Waals surface area contributed by atoms with Crippen LogP contribution in [0.5, 0.6) is 0 Å². The lowest BCUT2D eigenvalue weighted by molar-refractivity contribution is -0.384. The van der Waals surface area contributed by atoms with Crippen LogP contribution in [0.25, 0.3) is 0 Å². The molecule has 1 aromatic rings. The fourth-order valence-corrected chi connectivity index (χ4v) is 2.05. The van der Waals surface area contributed by atoms with Gasteiger partial charge in [0, 0.05) is 6.07 Å². The third kappa shape index (κ3) is 5.71. The van der Waals surface area contributed by atoms with E-state index in [1.165, 1.54) is 12.1 Å². The smallest absolute Gasteiger partial charge is 0.452 e. The first-order valence-electron chi connectivity index (χ1n) is 7.04. The van der Waals surface area contributed by atoms with Gasteiger partial charge < -0.3 is 16.2 Å². The van der Waals surface area contributed by atoms with Crippen LogP contribution in [0, 0.1) is 17.0 Å². The number of carboxylic acids is 1. The van der Waals surface area contributed by atoms with Crippen LogP contribution in [0.4, 0.5) is 24.5 Å². The van der Waals surface area contributed by atoms with Gasteiger partial charge >= 0.3 is 12.1 Å². The largest absolute Gasteiger partial charge is 0.480 e. The van der Waals surface area contributed by atoms with E-state index in [0.717, 1.165) is 6.07 Å². The maximum atomic E-state index is 12.8. The van der Waals surface area contributed by atoms with Crippen LogP contribution in [-0.2, 0) is 9.59 Å². The first kappa shape index (κ1) is 20.4. The summed E-state index contributed by atoms with van der Waals surface area (Å²) in [7, 11) is 0. The van der Waals surface area contributed by atoms with Crippen LogP contribution < -0.4 is 11.1 Å². The van der Waals surface area contributed by atoms with E-state index < -0.39 is 53.5 Å². The molecule has 0 aromatic heterocycles. The van der Waals surface area contributed by atoms with Crippen molar-refractivity contribution >= 4 is 23.1 Å². The van der Waals surface area contributed by atoms with Gasteiger partial charge in [0.15, 0.2) is 0 Å². The Morgan fingerprint density at radius 3 is 2.44 bits per heavy atom. The Balaban J connectivity index is 3.12. The molecule has 0 bridgehead atoms. The monoisotopic (exact) mass is 363 g/mol. The number of hydrogen-bond donors (Lipinski definition) is 3. The Kier molecular flexibility index (Phi) is 6.45. The molecule has 0 aliphatic carbocycles. The van der Waals surface area contributed by atoms with Gasteiger partial charge in [0.05, 0.1) is 11.0 Å². The molecule has 0 spiro atoms. The number of anilines is 1. The van der Waals surface area contributed by atoms with Gasteiger partial charge in [-0.1, -0.05) is 6.07 Å². The zero-order valence-electron chi connectivity index (χ0n) is 13.0. The highest BCUT2D eigenvalue weighted by Gasteiger charge is 2.43. The lowest BCUT2D eigenvalue weighted by atomic mass is 10.0. The van der Waals surface area contributed by atoms with Crippen molar-refractivity contribution in [2.24, 2.45) is 5.73 Å². The van der Waals surface area contributed by atoms with Gasteiger partial charge in [0.2, 0.25) is 0 Å². The van der Waals surface area contributed by atoms with Crippen LogP contribution in [0.15, 0.2) is 18.2 Å². The Labute approximate surface area is 140 Å². The van der Waals surface area contributed by atoms with E-state index in [0.29, 0.717) is 5.56 Å². The molecule has 4 N–H and O–H groups in total. The Morgan fingerprint density at radius 2 is 1.96 bits per heavy atom. The van der Waals surface area contributed by atoms with Crippen molar-refractivity contribution < 1.29 is 32.8 Å². The number of halogens is 3. The zero-order valence-corrected chi connectivity index (χ0v) is 13.0. The number of aryl methyl sites for hydroxylation is 1. The van der Waals surface area contributed by atoms with Crippen LogP contribution in [0.3, 0.4) is 0 Å². The molecule has 1 aromatic carbocycles. The number of nitrogens with zero attached hydrogens (tertiary/aromatic N) is 1. The number of nitrogens with two attached hydrogens (primary N) is 1. The lowest BCUT2D eigenvalue weighted by Gasteiger charge is -2.21. The molecule has 0 heterocycles. The minimum Gasteiger partial charge on any atom is -0.480 e. The van der Waals surface area contributed by atoms with Gasteiger partial charge in [-0.25, -0.2) is 0 Å². The molecule has 2 unspecified atom stereocenters. The molecule has 138 valence electrons. The first-order chi connectivity index (χ1) is 11.4. The third-order valence-corrected chi connectivity index (χ3v) is 3.36. The van der Waals surface area contributed by atoms with Crippen LogP contribution in [0.1, 0.15) is 18.4 Å². The van der Waals surface area contributed by atoms with Crippen molar-refractivity contribution in [3.8, 4) is 0 Å². The number of nitro groups is 1. The number of carboxylic acid groups (broad SMARTS) is 1. The summed E-state index contributed by atoms with van der Waals surface area (Å²) >= 11 is 0. The maximum absolute atomic E-state index is 12.8. The molecule has 0 saturated carbocycles. The van der Waals surface area contributed by atoms with Crippen molar-refractivity contribution in [3.05, 3.63) is 33.9 Å². The predicted octanol–water partition coefficient (Wildman–Crippen LogP) is 2.01. The number of hydrogen-bond acceptors (Lipinski definition) is 6. The van der Waals surface area contributed by atoms with Crippen molar-refractivity contribution in [3.63, 3.8) is 0 Å². The molecule has 0 aliphatic rings. The van der Waals surface area contributed by atoms with E-state index in [4.69, 9.17) is 10.8 Å². The minimum absolute atomic E-state index is 0.267. The summed E-state index contributed by atoms with van der Waals surface area (Å²) in [5, 5.41) is 21.9. The number of aliphatic carboxylic acids is 1. The van der Waals surface area contributed by atoms with E-state index in [-0.39, 0.29) is 5.69 Å². The normalized spacial score (nSPS) is 13.8. The van der Waals surface area contributed by atoms with E-state index in [9.17, 15) is 32.9 Å². The molecule has 0 aliphatic heterocycles. The van der Waals surface area contributed by atoms with Gasteiger partial charge in [-0.05, 0) is 31.4 Å². The highest BCUT2D eigenvalue weighted by atomic mass is 19.4. The summed E-state index contributed by atoms with van der Waals surface area (Å²) in [5.41, 5.74) is 4.99. The highest BCUT2D eigenvalue weighted by molar-refractivity contribution is 5.92. The standard InChI is InChI=1S/C14H16F3N3O5/c1-7-2-5-11(20(24)25)10(6-7)19-9(12(21)14(15,16)17)4-3-8(18)13(22)23/h2,5-6,8-9,19H,3-4,18H2,1H3,(H,22,23). The third-order valence-electron chi connectivity index (χ3n) is 3.36. The lowest BCUT2D eigenvalue weighted by Crippen LogP contribution is -2.41. The van der Waals surface area contributed by atoms with Gasteiger partial charge in [0.1, 0.15) is 11.7 Å². The number of carbonyl (C=O) groups excluding carboxylic acids is 1. The molecular formula is C14H16F3N3O5. The van der Waals surface area contributed by atoms with Crippen molar-refractivity contribution in [2.45, 2.75) is 38.0 Å². The van der Waals surface area contributed by atoms with Crippen LogP contribution in [0.2, 0.25) is 0 Å². The predicted molar refractivity (Wildman–Crippen MR) is 81.2 cm³/mol. The van der Waals surface area contributed by atoms with Crippen molar-refractivity contribution in [1.29, 1.82) is 0 Å². The first-order valence-corrected chi connectivity index (χ1v) is 7.04. The number of ketones is 1. The van der Waals surface area contributed by atoms with Crippen LogP contribution >= 0.6 is 0 Å². The number of rotatable bonds is 8. The molecule has 2 atom stereocenters. The Hall–Kier alpha value is -2.69. The van der Waals surface area contributed by atoms with Gasteiger partial charge in [-0.2, -0.15) is 13.2 Å². The average molecular weight is 363 g/mol. The quantitative estimate of drug-likeness (QED) is 0.475. The number of carbonyl (C=O) groups is 2. The van der Waals surface area contributed by atoms with E-state index in [1.807, 2.05) is 0 Å². The molecule has 0 saturated heterocycles. The molecule has 1 rings (SSSR count). The SMILES string of the molecule is Cc1ccc([N+](=O)[O-])c(NC(CCC(N)C(=O)O)C(=O)C(F)(F)F)c1. The summed E-state index contributed by atoms with van der Waals surface area (Å²) in [6.07, 6.45) is -6.17.